The minimum Gasteiger partial charge on any atom is -0.317 e. The largest absolute Gasteiger partial charge is 0.317 e. The average Bonchev–Trinajstić information content (AvgIpc) is 2.37. The van der Waals surface area contributed by atoms with Gasteiger partial charge in [-0.1, -0.05) is 44.2 Å². The van der Waals surface area contributed by atoms with E-state index < -0.39 is 0 Å². The maximum Gasteiger partial charge on any atom is -0.00258 e. The monoisotopic (exact) mass is 248 g/mol. The Bertz CT molecular complexity index is 282. The molecule has 2 N–H and O–H groups in total. The highest BCUT2D eigenvalue weighted by Crippen LogP contribution is 2.01. The summed E-state index contributed by atoms with van der Waals surface area (Å²) in [4.78, 5) is 0. The smallest absolute Gasteiger partial charge is 0.00258 e. The second kappa shape index (κ2) is 10.1. The fraction of sp³-hybridized carbons (Fsp3) is 0.625. The molecule has 1 aromatic carbocycles. The van der Waals surface area contributed by atoms with Gasteiger partial charge in [0, 0.05) is 0 Å². The first-order valence-electron chi connectivity index (χ1n) is 7.24. The van der Waals surface area contributed by atoms with E-state index in [4.69, 9.17) is 0 Å². The molecule has 18 heavy (non-hydrogen) atoms. The van der Waals surface area contributed by atoms with Gasteiger partial charge in [0.15, 0.2) is 0 Å². The Hall–Kier alpha value is -0.860. The van der Waals surface area contributed by atoms with Crippen molar-refractivity contribution in [2.45, 2.75) is 33.1 Å². The molecule has 0 heterocycles. The summed E-state index contributed by atoms with van der Waals surface area (Å²) in [5.41, 5.74) is 1.44. The number of aryl methyl sites for hydroxylation is 1. The van der Waals surface area contributed by atoms with Crippen molar-refractivity contribution < 1.29 is 0 Å². The molecule has 0 amide bonds. The van der Waals surface area contributed by atoms with Gasteiger partial charge in [0.05, 0.1) is 0 Å². The Morgan fingerprint density at radius 1 is 0.889 bits per heavy atom. The summed E-state index contributed by atoms with van der Waals surface area (Å²) in [6.07, 6.45) is 3.63. The van der Waals surface area contributed by atoms with Crippen LogP contribution in [-0.4, -0.2) is 26.2 Å². The van der Waals surface area contributed by atoms with Crippen molar-refractivity contribution in [1.82, 2.24) is 10.6 Å². The summed E-state index contributed by atoms with van der Waals surface area (Å²) in [7, 11) is 0. The maximum absolute atomic E-state index is 3.50. The van der Waals surface area contributed by atoms with Crippen LogP contribution in [0, 0.1) is 5.92 Å². The van der Waals surface area contributed by atoms with Gasteiger partial charge >= 0.3 is 0 Å². The van der Waals surface area contributed by atoms with Crippen molar-refractivity contribution in [3.63, 3.8) is 0 Å². The third kappa shape index (κ3) is 8.26. The summed E-state index contributed by atoms with van der Waals surface area (Å²) in [6.45, 7) is 9.00. The Kier molecular flexibility index (Phi) is 8.53. The van der Waals surface area contributed by atoms with Crippen LogP contribution in [0.25, 0.3) is 0 Å². The predicted molar refractivity (Wildman–Crippen MR) is 80.0 cm³/mol. The third-order valence-electron chi connectivity index (χ3n) is 2.92. The quantitative estimate of drug-likeness (QED) is 0.622. The van der Waals surface area contributed by atoms with Gasteiger partial charge in [-0.25, -0.2) is 0 Å². The number of rotatable bonds is 10. The van der Waals surface area contributed by atoms with Crippen LogP contribution in [0.15, 0.2) is 30.3 Å². The van der Waals surface area contributed by atoms with Crippen molar-refractivity contribution in [3.8, 4) is 0 Å². The second-order valence-corrected chi connectivity index (χ2v) is 5.29. The second-order valence-electron chi connectivity index (χ2n) is 5.29. The van der Waals surface area contributed by atoms with Gasteiger partial charge in [0.1, 0.15) is 0 Å². The lowest BCUT2D eigenvalue weighted by Gasteiger charge is -2.08. The molecule has 1 aromatic rings. The molecular formula is C16H28N2. The van der Waals surface area contributed by atoms with Gasteiger partial charge in [-0.05, 0) is 56.9 Å². The first-order valence-corrected chi connectivity index (χ1v) is 7.24. The SMILES string of the molecule is CC(C)CNCCCNCCCc1ccccc1. The van der Waals surface area contributed by atoms with Crippen LogP contribution >= 0.6 is 0 Å². The Morgan fingerprint density at radius 2 is 1.56 bits per heavy atom. The average molecular weight is 248 g/mol. The first kappa shape index (κ1) is 15.2. The van der Waals surface area contributed by atoms with Gasteiger partial charge < -0.3 is 10.6 Å². The molecule has 0 bridgehead atoms. The van der Waals surface area contributed by atoms with Crippen molar-refractivity contribution in [2.75, 3.05) is 26.2 Å². The molecule has 0 aliphatic carbocycles. The molecule has 2 nitrogen and oxygen atoms in total. The molecule has 0 aliphatic heterocycles. The van der Waals surface area contributed by atoms with E-state index >= 15 is 0 Å². The minimum atomic E-state index is 0.754. The summed E-state index contributed by atoms with van der Waals surface area (Å²) in [6, 6.07) is 10.7. The molecule has 0 saturated carbocycles. The first-order chi connectivity index (χ1) is 8.79. The van der Waals surface area contributed by atoms with Gasteiger partial charge in [-0.15, -0.1) is 0 Å². The van der Waals surface area contributed by atoms with E-state index in [9.17, 15) is 0 Å². The molecule has 0 spiro atoms. The van der Waals surface area contributed by atoms with Gasteiger partial charge in [0.2, 0.25) is 0 Å². The Morgan fingerprint density at radius 3 is 2.28 bits per heavy atom. The topological polar surface area (TPSA) is 24.1 Å². The molecule has 2 heteroatoms. The molecule has 0 fully saturated rings. The Balaban J connectivity index is 1.84. The lowest BCUT2D eigenvalue weighted by molar-refractivity contribution is 0.528. The third-order valence-corrected chi connectivity index (χ3v) is 2.92. The fourth-order valence-electron chi connectivity index (χ4n) is 1.92. The fourth-order valence-corrected chi connectivity index (χ4v) is 1.92. The van der Waals surface area contributed by atoms with Crippen molar-refractivity contribution in [3.05, 3.63) is 35.9 Å². The lowest BCUT2D eigenvalue weighted by atomic mass is 10.1. The maximum atomic E-state index is 3.50. The van der Waals surface area contributed by atoms with Crippen LogP contribution in [0.1, 0.15) is 32.3 Å². The van der Waals surface area contributed by atoms with Gasteiger partial charge in [-0.2, -0.15) is 0 Å². The predicted octanol–water partition coefficient (Wildman–Crippen LogP) is 2.84. The standard InChI is InChI=1S/C16H28N2/c1-15(2)14-18-13-7-12-17-11-6-10-16-8-4-3-5-9-16/h3-5,8-9,15,17-18H,6-7,10-14H2,1-2H3. The molecule has 0 radical (unpaired) electrons. The zero-order chi connectivity index (χ0) is 13.1. The summed E-state index contributed by atoms with van der Waals surface area (Å²) in [5, 5.41) is 6.97. The van der Waals surface area contributed by atoms with Crippen molar-refractivity contribution in [2.24, 2.45) is 5.92 Å². The van der Waals surface area contributed by atoms with E-state index in [1.165, 1.54) is 24.8 Å². The zero-order valence-electron chi connectivity index (χ0n) is 11.9. The Labute approximate surface area is 112 Å². The van der Waals surface area contributed by atoms with E-state index in [1.54, 1.807) is 0 Å². The van der Waals surface area contributed by atoms with Crippen LogP contribution < -0.4 is 10.6 Å². The van der Waals surface area contributed by atoms with E-state index in [-0.39, 0.29) is 0 Å². The van der Waals surface area contributed by atoms with E-state index in [2.05, 4.69) is 54.8 Å². The highest BCUT2D eigenvalue weighted by atomic mass is 14.9. The summed E-state index contributed by atoms with van der Waals surface area (Å²) in [5.74, 6) is 0.754. The molecule has 0 atom stereocenters. The normalized spacial score (nSPS) is 11.1. The molecule has 0 aromatic heterocycles. The molecule has 102 valence electrons. The van der Waals surface area contributed by atoms with E-state index in [0.717, 1.165) is 32.1 Å². The van der Waals surface area contributed by atoms with Crippen LogP contribution in [0.2, 0.25) is 0 Å². The van der Waals surface area contributed by atoms with Gasteiger partial charge in [-0.3, -0.25) is 0 Å². The molecular weight excluding hydrogens is 220 g/mol. The highest BCUT2D eigenvalue weighted by molar-refractivity contribution is 5.14. The highest BCUT2D eigenvalue weighted by Gasteiger charge is 1.94. The summed E-state index contributed by atoms with van der Waals surface area (Å²) < 4.78 is 0. The molecule has 0 unspecified atom stereocenters. The molecule has 1 rings (SSSR count). The minimum absolute atomic E-state index is 0.754. The van der Waals surface area contributed by atoms with Gasteiger partial charge in [0.25, 0.3) is 0 Å². The van der Waals surface area contributed by atoms with Crippen LogP contribution in [0.4, 0.5) is 0 Å². The van der Waals surface area contributed by atoms with Crippen LogP contribution in [0.3, 0.4) is 0 Å². The van der Waals surface area contributed by atoms with E-state index in [0.29, 0.717) is 0 Å². The van der Waals surface area contributed by atoms with Crippen LogP contribution in [0.5, 0.6) is 0 Å². The number of hydrogen-bond donors (Lipinski definition) is 2. The zero-order valence-corrected chi connectivity index (χ0v) is 11.9. The van der Waals surface area contributed by atoms with Crippen molar-refractivity contribution in [1.29, 1.82) is 0 Å². The number of benzene rings is 1. The number of nitrogens with one attached hydrogen (secondary N) is 2. The number of hydrogen-bond acceptors (Lipinski definition) is 2. The summed E-state index contributed by atoms with van der Waals surface area (Å²) >= 11 is 0. The van der Waals surface area contributed by atoms with Crippen molar-refractivity contribution >= 4 is 0 Å². The van der Waals surface area contributed by atoms with Crippen LogP contribution in [-0.2, 0) is 6.42 Å². The molecule has 0 saturated heterocycles. The molecule has 0 aliphatic rings. The van der Waals surface area contributed by atoms with E-state index in [1.807, 2.05) is 0 Å². The lowest BCUT2D eigenvalue weighted by Crippen LogP contribution is -2.25.